The van der Waals surface area contributed by atoms with Crippen LogP contribution in [-0.2, 0) is 0 Å². The second-order valence-electron chi connectivity index (χ2n) is 8.00. The van der Waals surface area contributed by atoms with E-state index in [-0.39, 0.29) is 22.4 Å². The van der Waals surface area contributed by atoms with Crippen molar-refractivity contribution in [1.29, 1.82) is 0 Å². The third kappa shape index (κ3) is 4.58. The van der Waals surface area contributed by atoms with Gasteiger partial charge in [-0.2, -0.15) is 14.6 Å². The number of carbonyl (C=O) groups is 1. The average molecular weight is 494 g/mol. The monoisotopic (exact) mass is 493 g/mol. The number of ether oxygens (including phenoxy) is 1. The number of halogens is 1. The van der Waals surface area contributed by atoms with Crippen LogP contribution in [0.3, 0.4) is 0 Å². The maximum absolute atomic E-state index is 13.0. The number of aromatic nitrogens is 4. The number of nitro groups is 1. The van der Waals surface area contributed by atoms with Crippen molar-refractivity contribution in [2.45, 2.75) is 6.92 Å². The van der Waals surface area contributed by atoms with Gasteiger partial charge in [-0.1, -0.05) is 11.6 Å². The van der Waals surface area contributed by atoms with E-state index in [1.54, 1.807) is 33.7 Å². The summed E-state index contributed by atoms with van der Waals surface area (Å²) in [5.41, 5.74) is 1.13. The molecule has 0 aliphatic carbocycles. The Morgan fingerprint density at radius 3 is 2.54 bits per heavy atom. The summed E-state index contributed by atoms with van der Waals surface area (Å²) in [7, 11) is 0. The number of fused-ring (bicyclic) bond motifs is 1. The van der Waals surface area contributed by atoms with Crippen LogP contribution in [0.1, 0.15) is 16.1 Å². The lowest BCUT2D eigenvalue weighted by molar-refractivity contribution is -0.385. The number of anilines is 1. The summed E-state index contributed by atoms with van der Waals surface area (Å²) in [6, 6.07) is 12.7. The van der Waals surface area contributed by atoms with Crippen molar-refractivity contribution in [3.63, 3.8) is 0 Å². The van der Waals surface area contributed by atoms with Gasteiger partial charge in [0, 0.05) is 54.6 Å². The van der Waals surface area contributed by atoms with E-state index in [2.05, 4.69) is 20.0 Å². The zero-order valence-corrected chi connectivity index (χ0v) is 19.4. The van der Waals surface area contributed by atoms with Crippen molar-refractivity contribution >= 4 is 34.8 Å². The van der Waals surface area contributed by atoms with E-state index < -0.39 is 4.92 Å². The Kier molecular flexibility index (Phi) is 5.91. The highest BCUT2D eigenvalue weighted by Gasteiger charge is 2.24. The van der Waals surface area contributed by atoms with Gasteiger partial charge in [0.2, 0.25) is 5.75 Å². The highest BCUT2D eigenvalue weighted by Crippen LogP contribution is 2.33. The molecule has 1 aliphatic heterocycles. The molecule has 11 nitrogen and oxygen atoms in total. The minimum absolute atomic E-state index is 0.0717. The number of nitro benzene ring substituents is 1. The summed E-state index contributed by atoms with van der Waals surface area (Å²) in [5, 5.41) is 15.8. The second-order valence-corrected chi connectivity index (χ2v) is 8.44. The molecule has 0 unspecified atom stereocenters. The van der Waals surface area contributed by atoms with Crippen LogP contribution in [-0.4, -0.2) is 61.5 Å². The van der Waals surface area contributed by atoms with Crippen LogP contribution in [0.4, 0.5) is 11.5 Å². The molecule has 1 saturated heterocycles. The van der Waals surface area contributed by atoms with E-state index in [0.717, 1.165) is 11.5 Å². The first-order valence-electron chi connectivity index (χ1n) is 10.8. The maximum atomic E-state index is 13.0. The number of carbonyl (C=O) groups excluding carboxylic acids is 1. The van der Waals surface area contributed by atoms with Gasteiger partial charge in [0.05, 0.1) is 4.92 Å². The molecule has 178 valence electrons. The highest BCUT2D eigenvalue weighted by molar-refractivity contribution is 6.30. The molecule has 12 heteroatoms. The van der Waals surface area contributed by atoms with Gasteiger partial charge in [-0.25, -0.2) is 4.98 Å². The number of piperazine rings is 1. The van der Waals surface area contributed by atoms with E-state index in [9.17, 15) is 14.9 Å². The molecule has 4 aromatic rings. The van der Waals surface area contributed by atoms with Crippen LogP contribution >= 0.6 is 11.6 Å². The fourth-order valence-corrected chi connectivity index (χ4v) is 4.14. The lowest BCUT2D eigenvalue weighted by atomic mass is 10.1. The van der Waals surface area contributed by atoms with Crippen LogP contribution in [0.25, 0.3) is 5.78 Å². The molecule has 1 fully saturated rings. The van der Waals surface area contributed by atoms with Gasteiger partial charge in [0.25, 0.3) is 11.7 Å². The summed E-state index contributed by atoms with van der Waals surface area (Å²) in [5.74, 6) is 1.80. The Labute approximate surface area is 204 Å². The van der Waals surface area contributed by atoms with Gasteiger partial charge in [-0.05, 0) is 43.3 Å². The van der Waals surface area contributed by atoms with Crippen LogP contribution in [0, 0.1) is 17.0 Å². The lowest BCUT2D eigenvalue weighted by Gasteiger charge is -2.36. The maximum Gasteiger partial charge on any atom is 0.313 e. The molecular formula is C23H20ClN7O4. The zero-order valence-electron chi connectivity index (χ0n) is 18.7. The Balaban J connectivity index is 1.25. The summed E-state index contributed by atoms with van der Waals surface area (Å²) in [6.07, 6.45) is 1.48. The van der Waals surface area contributed by atoms with E-state index >= 15 is 0 Å². The zero-order chi connectivity index (χ0) is 24.5. The predicted molar refractivity (Wildman–Crippen MR) is 128 cm³/mol. The summed E-state index contributed by atoms with van der Waals surface area (Å²) in [4.78, 5) is 36.3. The molecule has 5 rings (SSSR count). The largest absolute Gasteiger partial charge is 0.450 e. The molecule has 0 spiro atoms. The molecular weight excluding hydrogens is 474 g/mol. The van der Waals surface area contributed by atoms with E-state index in [1.807, 2.05) is 13.0 Å². The number of nitrogens with zero attached hydrogens (tertiary/aromatic N) is 7. The van der Waals surface area contributed by atoms with Crippen LogP contribution in [0.2, 0.25) is 5.02 Å². The molecule has 3 heterocycles. The molecule has 0 bridgehead atoms. The van der Waals surface area contributed by atoms with Crippen molar-refractivity contribution in [2.75, 3.05) is 31.1 Å². The van der Waals surface area contributed by atoms with Crippen molar-refractivity contribution < 1.29 is 14.5 Å². The fraction of sp³-hybridized carbons (Fsp3) is 0.217. The third-order valence-corrected chi connectivity index (χ3v) is 5.93. The second kappa shape index (κ2) is 9.18. The first-order valence-corrected chi connectivity index (χ1v) is 11.2. The number of aryl methyl sites for hydroxylation is 1. The molecule has 0 atom stereocenters. The minimum Gasteiger partial charge on any atom is -0.450 e. The van der Waals surface area contributed by atoms with Crippen LogP contribution in [0.15, 0.2) is 54.9 Å². The predicted octanol–water partition coefficient (Wildman–Crippen LogP) is 3.75. The molecule has 1 amide bonds. The van der Waals surface area contributed by atoms with Gasteiger partial charge in [-0.15, -0.1) is 0 Å². The van der Waals surface area contributed by atoms with E-state index in [0.29, 0.717) is 43.3 Å². The first kappa shape index (κ1) is 22.5. The van der Waals surface area contributed by atoms with Crippen molar-refractivity contribution in [1.82, 2.24) is 24.5 Å². The van der Waals surface area contributed by atoms with Gasteiger partial charge in [0.1, 0.15) is 17.9 Å². The van der Waals surface area contributed by atoms with Crippen LogP contribution < -0.4 is 9.64 Å². The van der Waals surface area contributed by atoms with Gasteiger partial charge >= 0.3 is 5.69 Å². The molecule has 2 aromatic carbocycles. The Hall–Kier alpha value is -4.25. The van der Waals surface area contributed by atoms with Crippen LogP contribution in [0.5, 0.6) is 11.5 Å². The molecule has 35 heavy (non-hydrogen) atoms. The summed E-state index contributed by atoms with van der Waals surface area (Å²) < 4.78 is 7.36. The standard InChI is InChI=1S/C23H20ClN7O4/c1-15-12-21(30-23(27-15)25-14-26-30)28-8-10-29(11-9-28)22(32)16-2-5-18(6-3-16)35-20-7-4-17(24)13-19(20)31(33)34/h2-7,12-14H,8-11H2,1H3. The Bertz CT molecular complexity index is 1420. The van der Waals surface area contributed by atoms with Gasteiger partial charge in [0.15, 0.2) is 0 Å². The smallest absolute Gasteiger partial charge is 0.313 e. The number of hydrogen-bond acceptors (Lipinski definition) is 8. The number of amides is 1. The van der Waals surface area contributed by atoms with Gasteiger partial charge < -0.3 is 14.5 Å². The molecule has 1 aliphatic rings. The topological polar surface area (TPSA) is 119 Å². The van der Waals surface area contributed by atoms with Crippen molar-refractivity contribution in [3.8, 4) is 11.5 Å². The molecule has 0 radical (unpaired) electrons. The number of hydrogen-bond donors (Lipinski definition) is 0. The first-order chi connectivity index (χ1) is 16.9. The van der Waals surface area contributed by atoms with Crippen molar-refractivity contribution in [3.05, 3.63) is 81.3 Å². The molecule has 2 aromatic heterocycles. The minimum atomic E-state index is -0.556. The fourth-order valence-electron chi connectivity index (χ4n) is 3.97. The third-order valence-electron chi connectivity index (χ3n) is 5.70. The normalized spacial score (nSPS) is 13.8. The Morgan fingerprint density at radius 2 is 1.83 bits per heavy atom. The quantitative estimate of drug-likeness (QED) is 0.304. The van der Waals surface area contributed by atoms with E-state index in [1.165, 1.54) is 24.5 Å². The van der Waals surface area contributed by atoms with E-state index in [4.69, 9.17) is 16.3 Å². The SMILES string of the molecule is Cc1cc(N2CCN(C(=O)c3ccc(Oc4ccc(Cl)cc4[N+](=O)[O-])cc3)CC2)n2ncnc2n1. The number of benzene rings is 2. The van der Waals surface area contributed by atoms with Crippen molar-refractivity contribution in [2.24, 2.45) is 0 Å². The molecule has 0 saturated carbocycles. The number of rotatable bonds is 5. The highest BCUT2D eigenvalue weighted by atomic mass is 35.5. The Morgan fingerprint density at radius 1 is 1.09 bits per heavy atom. The average Bonchev–Trinajstić information content (AvgIpc) is 3.33. The molecule has 0 N–H and O–H groups in total. The van der Waals surface area contributed by atoms with Gasteiger partial charge in [-0.3, -0.25) is 14.9 Å². The summed E-state index contributed by atoms with van der Waals surface area (Å²) >= 11 is 5.85. The summed E-state index contributed by atoms with van der Waals surface area (Å²) in [6.45, 7) is 4.30. The lowest BCUT2D eigenvalue weighted by Crippen LogP contribution is -2.49.